The number of esters is 1. The van der Waals surface area contributed by atoms with Crippen molar-refractivity contribution < 1.29 is 9.53 Å². The molecule has 94 valence electrons. The van der Waals surface area contributed by atoms with E-state index in [0.717, 1.165) is 11.4 Å². The third-order valence-corrected chi connectivity index (χ3v) is 2.83. The normalized spacial score (nSPS) is 12.1. The van der Waals surface area contributed by atoms with E-state index < -0.39 is 0 Å². The van der Waals surface area contributed by atoms with Gasteiger partial charge in [-0.05, 0) is 18.6 Å². The van der Waals surface area contributed by atoms with E-state index in [9.17, 15) is 4.79 Å². The zero-order valence-corrected chi connectivity index (χ0v) is 10.4. The molecule has 1 heterocycles. The number of ether oxygens (including phenoxy) is 1. The van der Waals surface area contributed by atoms with E-state index in [-0.39, 0.29) is 11.9 Å². The maximum Gasteiger partial charge on any atom is 0.314 e. The van der Waals surface area contributed by atoms with Gasteiger partial charge in [-0.3, -0.25) is 4.79 Å². The molecular formula is C13H15N3O2. The van der Waals surface area contributed by atoms with Gasteiger partial charge in [-0.2, -0.15) is 0 Å². The molecule has 1 unspecified atom stereocenters. The summed E-state index contributed by atoms with van der Waals surface area (Å²) in [4.78, 5) is 11.7. The largest absolute Gasteiger partial charge is 0.469 e. The predicted molar refractivity (Wildman–Crippen MR) is 66.4 cm³/mol. The van der Waals surface area contributed by atoms with Crippen LogP contribution in [-0.4, -0.2) is 28.1 Å². The fraction of sp³-hybridized carbons (Fsp3) is 0.308. The maximum absolute atomic E-state index is 11.7. The summed E-state index contributed by atoms with van der Waals surface area (Å²) in [6.45, 7) is 1.93. The molecule has 0 spiro atoms. The van der Waals surface area contributed by atoms with Crippen LogP contribution in [0.5, 0.6) is 0 Å². The van der Waals surface area contributed by atoms with Crippen LogP contribution in [0.3, 0.4) is 0 Å². The quantitative estimate of drug-likeness (QED) is 0.772. The van der Waals surface area contributed by atoms with Crippen molar-refractivity contribution in [2.24, 2.45) is 0 Å². The van der Waals surface area contributed by atoms with Crippen LogP contribution in [0, 0.1) is 0 Å². The van der Waals surface area contributed by atoms with Crippen molar-refractivity contribution in [2.75, 3.05) is 7.11 Å². The van der Waals surface area contributed by atoms with E-state index in [4.69, 9.17) is 4.74 Å². The Bertz CT molecular complexity index is 522. The van der Waals surface area contributed by atoms with Crippen LogP contribution < -0.4 is 0 Å². The van der Waals surface area contributed by atoms with Crippen molar-refractivity contribution >= 4 is 5.97 Å². The number of hydrogen-bond donors (Lipinski definition) is 0. The number of nitrogens with zero attached hydrogens (tertiary/aromatic N) is 3. The highest BCUT2D eigenvalue weighted by atomic mass is 16.5. The van der Waals surface area contributed by atoms with E-state index in [2.05, 4.69) is 10.3 Å². The van der Waals surface area contributed by atoms with Gasteiger partial charge in [0.15, 0.2) is 0 Å². The molecule has 18 heavy (non-hydrogen) atoms. The van der Waals surface area contributed by atoms with Gasteiger partial charge in [0, 0.05) is 0 Å². The van der Waals surface area contributed by atoms with Crippen molar-refractivity contribution in [3.63, 3.8) is 0 Å². The number of methoxy groups -OCH3 is 1. The molecule has 1 aromatic carbocycles. The second-order valence-corrected chi connectivity index (χ2v) is 3.89. The first-order valence-corrected chi connectivity index (χ1v) is 5.81. The minimum atomic E-state index is -0.342. The fourth-order valence-electron chi connectivity index (χ4n) is 1.89. The summed E-state index contributed by atoms with van der Waals surface area (Å²) in [5, 5.41) is 7.92. The van der Waals surface area contributed by atoms with Crippen LogP contribution >= 0.6 is 0 Å². The third kappa shape index (κ3) is 2.25. The molecule has 0 aliphatic rings. The molecule has 0 saturated heterocycles. The molecule has 1 atom stereocenters. The lowest BCUT2D eigenvalue weighted by atomic mass is 10.0. The molecule has 0 aliphatic heterocycles. The molecule has 2 aromatic rings. The van der Waals surface area contributed by atoms with Gasteiger partial charge >= 0.3 is 5.97 Å². The first-order valence-electron chi connectivity index (χ1n) is 5.81. The number of carbonyl (C=O) groups is 1. The Morgan fingerprint density at radius 1 is 1.39 bits per heavy atom. The molecular weight excluding hydrogens is 230 g/mol. The summed E-state index contributed by atoms with van der Waals surface area (Å²) in [6.07, 6.45) is 2.25. The van der Waals surface area contributed by atoms with Gasteiger partial charge in [0.25, 0.3) is 0 Å². The topological polar surface area (TPSA) is 57.0 Å². The smallest absolute Gasteiger partial charge is 0.314 e. The predicted octanol–water partition coefficient (Wildman–Crippen LogP) is 1.93. The van der Waals surface area contributed by atoms with Crippen LogP contribution in [0.1, 0.15) is 25.0 Å². The highest BCUT2D eigenvalue weighted by Gasteiger charge is 2.24. The highest BCUT2D eigenvalue weighted by Crippen LogP contribution is 2.22. The molecule has 0 aliphatic carbocycles. The second-order valence-electron chi connectivity index (χ2n) is 3.89. The van der Waals surface area contributed by atoms with Crippen molar-refractivity contribution in [1.82, 2.24) is 15.0 Å². The minimum absolute atomic E-state index is 0.267. The van der Waals surface area contributed by atoms with E-state index in [1.807, 2.05) is 37.3 Å². The van der Waals surface area contributed by atoms with E-state index >= 15 is 0 Å². The maximum atomic E-state index is 11.7. The molecule has 0 N–H and O–H groups in total. The number of para-hydroxylation sites is 1. The molecule has 0 bridgehead atoms. The zero-order chi connectivity index (χ0) is 13.0. The SMILES string of the molecule is CCC(C(=O)OC)c1cnnn1-c1ccccc1. The Morgan fingerprint density at radius 3 is 2.72 bits per heavy atom. The van der Waals surface area contributed by atoms with Gasteiger partial charge in [-0.15, -0.1) is 5.10 Å². The molecule has 0 radical (unpaired) electrons. The minimum Gasteiger partial charge on any atom is -0.469 e. The zero-order valence-electron chi connectivity index (χ0n) is 10.4. The molecule has 5 heteroatoms. The Hall–Kier alpha value is -2.17. The molecule has 5 nitrogen and oxygen atoms in total. The van der Waals surface area contributed by atoms with Crippen LogP contribution in [0.25, 0.3) is 5.69 Å². The van der Waals surface area contributed by atoms with Crippen molar-refractivity contribution in [1.29, 1.82) is 0 Å². The van der Waals surface area contributed by atoms with Crippen molar-refractivity contribution in [2.45, 2.75) is 19.3 Å². The Labute approximate surface area is 105 Å². The number of benzene rings is 1. The molecule has 1 aromatic heterocycles. The van der Waals surface area contributed by atoms with Crippen LogP contribution in [0.2, 0.25) is 0 Å². The van der Waals surface area contributed by atoms with Gasteiger partial charge in [-0.25, -0.2) is 4.68 Å². The van der Waals surface area contributed by atoms with Crippen LogP contribution in [0.4, 0.5) is 0 Å². The molecule has 0 saturated carbocycles. The monoisotopic (exact) mass is 245 g/mol. The second kappa shape index (κ2) is 5.44. The lowest BCUT2D eigenvalue weighted by molar-refractivity contribution is -0.142. The summed E-state index contributed by atoms with van der Waals surface area (Å²) in [5.41, 5.74) is 1.63. The summed E-state index contributed by atoms with van der Waals surface area (Å²) in [6, 6.07) is 9.60. The van der Waals surface area contributed by atoms with Gasteiger partial charge < -0.3 is 4.74 Å². The summed E-state index contributed by atoms with van der Waals surface area (Å²) in [7, 11) is 1.39. The van der Waals surface area contributed by atoms with Gasteiger partial charge in [0.2, 0.25) is 0 Å². The number of hydrogen-bond acceptors (Lipinski definition) is 4. The number of carbonyl (C=O) groups excluding carboxylic acids is 1. The van der Waals surface area contributed by atoms with E-state index in [1.54, 1.807) is 10.9 Å². The van der Waals surface area contributed by atoms with Gasteiger partial charge in [0.1, 0.15) is 5.92 Å². The number of aromatic nitrogens is 3. The Morgan fingerprint density at radius 2 is 2.11 bits per heavy atom. The lowest BCUT2D eigenvalue weighted by Crippen LogP contribution is -2.17. The number of rotatable bonds is 4. The van der Waals surface area contributed by atoms with Crippen molar-refractivity contribution in [3.8, 4) is 5.69 Å². The molecule has 0 amide bonds. The van der Waals surface area contributed by atoms with E-state index in [0.29, 0.717) is 6.42 Å². The average Bonchev–Trinajstić information content (AvgIpc) is 2.89. The molecule has 2 rings (SSSR count). The standard InChI is InChI=1S/C13H15N3O2/c1-3-11(13(17)18-2)12-9-14-15-16(12)10-7-5-4-6-8-10/h4-9,11H,3H2,1-2H3. The third-order valence-electron chi connectivity index (χ3n) is 2.83. The van der Waals surface area contributed by atoms with Crippen molar-refractivity contribution in [3.05, 3.63) is 42.2 Å². The van der Waals surface area contributed by atoms with Gasteiger partial charge in [0.05, 0.1) is 24.7 Å². The van der Waals surface area contributed by atoms with Crippen LogP contribution in [0.15, 0.2) is 36.5 Å². The highest BCUT2D eigenvalue weighted by molar-refractivity contribution is 5.77. The summed E-state index contributed by atoms with van der Waals surface area (Å²) < 4.78 is 6.48. The average molecular weight is 245 g/mol. The summed E-state index contributed by atoms with van der Waals surface area (Å²) >= 11 is 0. The molecule has 0 fully saturated rings. The Kier molecular flexibility index (Phi) is 3.72. The Balaban J connectivity index is 2.41. The van der Waals surface area contributed by atoms with Gasteiger partial charge in [-0.1, -0.05) is 30.3 Å². The van der Waals surface area contributed by atoms with E-state index in [1.165, 1.54) is 7.11 Å². The summed E-state index contributed by atoms with van der Waals surface area (Å²) in [5.74, 6) is -0.609. The first-order chi connectivity index (χ1) is 8.77. The van der Waals surface area contributed by atoms with Crippen LogP contribution in [-0.2, 0) is 9.53 Å². The lowest BCUT2D eigenvalue weighted by Gasteiger charge is -2.13. The first kappa shape index (κ1) is 12.3. The fourth-order valence-corrected chi connectivity index (χ4v) is 1.89.